The summed E-state index contributed by atoms with van der Waals surface area (Å²) in [6.45, 7) is 1.02. The molecule has 1 aromatic rings. The number of nitrogens with two attached hydrogens (primary N) is 1. The Balaban J connectivity index is 1.96. The number of rotatable bonds is 4. The second-order valence-corrected chi connectivity index (χ2v) is 5.15. The van der Waals surface area contributed by atoms with Gasteiger partial charge in [0.1, 0.15) is 12.0 Å². The monoisotopic (exact) mass is 270 g/mol. The number of nitrogens with one attached hydrogen (secondary N) is 1. The van der Waals surface area contributed by atoms with Gasteiger partial charge in [0.25, 0.3) is 0 Å². The summed E-state index contributed by atoms with van der Waals surface area (Å²) in [6.07, 6.45) is 6.07. The van der Waals surface area contributed by atoms with Crippen LogP contribution in [-0.4, -0.2) is 28.2 Å². The van der Waals surface area contributed by atoms with Gasteiger partial charge in [0.05, 0.1) is 0 Å². The van der Waals surface area contributed by atoms with Crippen molar-refractivity contribution in [2.75, 3.05) is 24.2 Å². The molecule has 0 radical (unpaired) electrons. The quantitative estimate of drug-likeness (QED) is 0.728. The van der Waals surface area contributed by atoms with Crippen LogP contribution in [0.4, 0.5) is 11.5 Å². The van der Waals surface area contributed by atoms with Crippen molar-refractivity contribution in [1.82, 2.24) is 9.97 Å². The van der Waals surface area contributed by atoms with Crippen LogP contribution < -0.4 is 11.1 Å². The van der Waals surface area contributed by atoms with E-state index in [2.05, 4.69) is 15.3 Å². The molecule has 2 atom stereocenters. The fourth-order valence-corrected chi connectivity index (χ4v) is 2.67. The van der Waals surface area contributed by atoms with Gasteiger partial charge in [-0.1, -0.05) is 24.4 Å². The number of nitrogen functional groups attached to an aromatic ring is 1. The second kappa shape index (κ2) is 6.20. The van der Waals surface area contributed by atoms with Crippen molar-refractivity contribution < 1.29 is 5.11 Å². The molecule has 1 heterocycles. The molecule has 1 saturated carbocycles. The van der Waals surface area contributed by atoms with Crippen molar-refractivity contribution >= 4 is 23.1 Å². The SMILES string of the molecule is Nc1c(Cl)ncnc1NCC1CCCCC1CO. The van der Waals surface area contributed by atoms with Crippen molar-refractivity contribution in [3.63, 3.8) is 0 Å². The lowest BCUT2D eigenvalue weighted by Crippen LogP contribution is -2.29. The zero-order valence-electron chi connectivity index (χ0n) is 10.3. The zero-order chi connectivity index (χ0) is 13.0. The molecule has 100 valence electrons. The second-order valence-electron chi connectivity index (χ2n) is 4.79. The predicted molar refractivity (Wildman–Crippen MR) is 72.5 cm³/mol. The number of aromatic nitrogens is 2. The third kappa shape index (κ3) is 3.03. The van der Waals surface area contributed by atoms with E-state index in [0.29, 0.717) is 23.3 Å². The van der Waals surface area contributed by atoms with Crippen molar-refractivity contribution in [2.24, 2.45) is 11.8 Å². The molecule has 0 amide bonds. The average molecular weight is 271 g/mol. The smallest absolute Gasteiger partial charge is 0.157 e. The maximum absolute atomic E-state index is 9.36. The van der Waals surface area contributed by atoms with E-state index >= 15 is 0 Å². The zero-order valence-corrected chi connectivity index (χ0v) is 11.0. The van der Waals surface area contributed by atoms with Gasteiger partial charge in [-0.05, 0) is 24.7 Å². The van der Waals surface area contributed by atoms with Gasteiger partial charge in [-0.15, -0.1) is 0 Å². The van der Waals surface area contributed by atoms with E-state index in [-0.39, 0.29) is 11.8 Å². The average Bonchev–Trinajstić information content (AvgIpc) is 2.41. The Morgan fingerprint density at radius 1 is 1.33 bits per heavy atom. The molecule has 0 aliphatic heterocycles. The van der Waals surface area contributed by atoms with Gasteiger partial charge in [-0.25, -0.2) is 9.97 Å². The van der Waals surface area contributed by atoms with E-state index in [1.165, 1.54) is 19.2 Å². The van der Waals surface area contributed by atoms with Gasteiger partial charge in [-0.2, -0.15) is 0 Å². The number of hydrogen-bond acceptors (Lipinski definition) is 5. The van der Waals surface area contributed by atoms with Crippen LogP contribution in [0.5, 0.6) is 0 Å². The van der Waals surface area contributed by atoms with Crippen LogP contribution in [0.2, 0.25) is 5.15 Å². The highest BCUT2D eigenvalue weighted by Crippen LogP contribution is 2.30. The largest absolute Gasteiger partial charge is 0.396 e. The summed E-state index contributed by atoms with van der Waals surface area (Å²) in [5.41, 5.74) is 6.18. The number of halogens is 1. The molecule has 0 bridgehead atoms. The molecule has 4 N–H and O–H groups in total. The third-order valence-electron chi connectivity index (χ3n) is 3.67. The van der Waals surface area contributed by atoms with Crippen LogP contribution >= 0.6 is 11.6 Å². The molecule has 1 aliphatic carbocycles. The Kier molecular flexibility index (Phi) is 4.60. The highest BCUT2D eigenvalue weighted by molar-refractivity contribution is 6.32. The van der Waals surface area contributed by atoms with Crippen molar-refractivity contribution in [3.05, 3.63) is 11.5 Å². The topological polar surface area (TPSA) is 84.1 Å². The number of aliphatic hydroxyl groups is 1. The van der Waals surface area contributed by atoms with Crippen LogP contribution in [0.15, 0.2) is 6.33 Å². The van der Waals surface area contributed by atoms with E-state index in [1.54, 1.807) is 0 Å². The highest BCUT2D eigenvalue weighted by Gasteiger charge is 2.24. The molecule has 2 rings (SSSR count). The first-order chi connectivity index (χ1) is 8.72. The summed E-state index contributed by atoms with van der Waals surface area (Å²) in [5, 5.41) is 12.8. The van der Waals surface area contributed by atoms with Crippen molar-refractivity contribution in [2.45, 2.75) is 25.7 Å². The van der Waals surface area contributed by atoms with Crippen LogP contribution in [0, 0.1) is 11.8 Å². The molecule has 18 heavy (non-hydrogen) atoms. The predicted octanol–water partition coefficient (Wildman–Crippen LogP) is 1.92. The maximum Gasteiger partial charge on any atom is 0.157 e. The molecule has 2 unspecified atom stereocenters. The summed E-state index contributed by atoms with van der Waals surface area (Å²) < 4.78 is 0. The number of hydrogen-bond donors (Lipinski definition) is 3. The third-order valence-corrected chi connectivity index (χ3v) is 3.97. The molecule has 1 aliphatic rings. The van der Waals surface area contributed by atoms with E-state index in [9.17, 15) is 5.11 Å². The fraction of sp³-hybridized carbons (Fsp3) is 0.667. The lowest BCUT2D eigenvalue weighted by atomic mass is 9.79. The number of anilines is 2. The molecule has 1 fully saturated rings. The Bertz CT molecular complexity index is 402. The summed E-state index contributed by atoms with van der Waals surface area (Å²) in [7, 11) is 0. The molecule has 1 aromatic heterocycles. The van der Waals surface area contributed by atoms with Gasteiger partial charge in [-0.3, -0.25) is 0 Å². The van der Waals surface area contributed by atoms with E-state index in [1.807, 2.05) is 0 Å². The van der Waals surface area contributed by atoms with Crippen LogP contribution in [-0.2, 0) is 0 Å². The fourth-order valence-electron chi connectivity index (χ4n) is 2.54. The first-order valence-corrected chi connectivity index (χ1v) is 6.71. The molecule has 0 saturated heterocycles. The first kappa shape index (κ1) is 13.4. The van der Waals surface area contributed by atoms with E-state index < -0.39 is 0 Å². The lowest BCUT2D eigenvalue weighted by molar-refractivity contribution is 0.141. The van der Waals surface area contributed by atoms with E-state index in [0.717, 1.165) is 19.4 Å². The Hall–Kier alpha value is -1.07. The summed E-state index contributed by atoms with van der Waals surface area (Å²) >= 11 is 5.84. The minimum atomic E-state index is 0.256. The Morgan fingerprint density at radius 2 is 2.06 bits per heavy atom. The molecule has 0 aromatic carbocycles. The van der Waals surface area contributed by atoms with E-state index in [4.69, 9.17) is 17.3 Å². The van der Waals surface area contributed by atoms with Crippen LogP contribution in [0.1, 0.15) is 25.7 Å². The standard InChI is InChI=1S/C12H19ClN4O/c13-11-10(14)12(17-7-16-11)15-5-8-3-1-2-4-9(8)6-18/h7-9,18H,1-6,14H2,(H,15,16,17). The van der Waals surface area contributed by atoms with Crippen LogP contribution in [0.25, 0.3) is 0 Å². The highest BCUT2D eigenvalue weighted by atomic mass is 35.5. The van der Waals surface area contributed by atoms with Gasteiger partial charge >= 0.3 is 0 Å². The molecular formula is C12H19ClN4O. The summed E-state index contributed by atoms with van der Waals surface area (Å²) in [5.74, 6) is 1.43. The lowest BCUT2D eigenvalue weighted by Gasteiger charge is -2.30. The van der Waals surface area contributed by atoms with Gasteiger partial charge in [0.2, 0.25) is 0 Å². The molecule has 0 spiro atoms. The number of aliphatic hydroxyl groups excluding tert-OH is 1. The maximum atomic E-state index is 9.36. The van der Waals surface area contributed by atoms with Gasteiger partial charge in [0, 0.05) is 13.2 Å². The van der Waals surface area contributed by atoms with Crippen LogP contribution in [0.3, 0.4) is 0 Å². The van der Waals surface area contributed by atoms with Gasteiger partial charge < -0.3 is 16.2 Å². The minimum Gasteiger partial charge on any atom is -0.396 e. The summed E-state index contributed by atoms with van der Waals surface area (Å²) in [4.78, 5) is 7.89. The first-order valence-electron chi connectivity index (χ1n) is 6.33. The Labute approximate surface area is 112 Å². The molecular weight excluding hydrogens is 252 g/mol. The van der Waals surface area contributed by atoms with Crippen molar-refractivity contribution in [3.8, 4) is 0 Å². The molecule has 5 nitrogen and oxygen atoms in total. The normalized spacial score (nSPS) is 23.9. The number of nitrogens with zero attached hydrogens (tertiary/aromatic N) is 2. The van der Waals surface area contributed by atoms with Crippen molar-refractivity contribution in [1.29, 1.82) is 0 Å². The minimum absolute atomic E-state index is 0.256. The molecule has 6 heteroatoms. The summed E-state index contributed by atoms with van der Waals surface area (Å²) in [6, 6.07) is 0. The Morgan fingerprint density at radius 3 is 2.78 bits per heavy atom. The van der Waals surface area contributed by atoms with Gasteiger partial charge in [0.15, 0.2) is 11.0 Å².